The topological polar surface area (TPSA) is 134 Å². The maximum absolute atomic E-state index is 13.2. The van der Waals surface area contributed by atoms with Crippen molar-refractivity contribution in [2.24, 2.45) is 5.92 Å². The average Bonchev–Trinajstić information content (AvgIpc) is 3.16. The highest BCUT2D eigenvalue weighted by molar-refractivity contribution is 6.35. The number of amides is 3. The largest absolute Gasteiger partial charge is 0.501 e. The number of halogens is 1. The van der Waals surface area contributed by atoms with E-state index in [1.165, 1.54) is 28.8 Å². The van der Waals surface area contributed by atoms with Gasteiger partial charge in [0.15, 0.2) is 5.69 Å². The molecule has 0 unspecified atom stereocenters. The van der Waals surface area contributed by atoms with Crippen LogP contribution >= 0.6 is 0 Å². The summed E-state index contributed by atoms with van der Waals surface area (Å²) in [4.78, 5) is 58.1. The molecule has 4 heterocycles. The highest BCUT2D eigenvalue weighted by Gasteiger charge is 2.47. The number of carbonyl (C=O) groups is 3. The number of piperidine rings is 1. The lowest BCUT2D eigenvalue weighted by Gasteiger charge is -2.37. The molecule has 4 aliphatic rings. The molecule has 11 heteroatoms. The maximum Gasteiger partial charge on any atom is 0.311 e. The molecule has 1 saturated heterocycles. The summed E-state index contributed by atoms with van der Waals surface area (Å²) in [5, 5.41) is 16.1. The number of fused-ring (bicyclic) bond motifs is 2. The van der Waals surface area contributed by atoms with Crippen LogP contribution < -0.4 is 16.2 Å². The molecule has 0 radical (unpaired) electrons. The van der Waals surface area contributed by atoms with Crippen LogP contribution in [0.25, 0.3) is 0 Å². The molecule has 2 aromatic rings. The van der Waals surface area contributed by atoms with Crippen LogP contribution in [0.15, 0.2) is 29.1 Å². The van der Waals surface area contributed by atoms with E-state index in [9.17, 15) is 28.7 Å². The Balaban J connectivity index is 1.45. The Hall–Kier alpha value is -3.76. The minimum atomic E-state index is -1.10. The fourth-order valence-corrected chi connectivity index (χ4v) is 5.63. The van der Waals surface area contributed by atoms with Gasteiger partial charge < -0.3 is 20.6 Å². The molecule has 1 aromatic heterocycles. The van der Waals surface area contributed by atoms with E-state index < -0.39 is 46.1 Å². The summed E-state index contributed by atoms with van der Waals surface area (Å²) < 4.78 is 14.5. The van der Waals surface area contributed by atoms with Crippen molar-refractivity contribution in [2.75, 3.05) is 13.1 Å². The fraction of sp³-hybridized carbons (Fsp3) is 0.500. The van der Waals surface area contributed by atoms with Crippen molar-refractivity contribution in [3.05, 3.63) is 57.5 Å². The first-order valence-electron chi connectivity index (χ1n) is 12.8. The van der Waals surface area contributed by atoms with Gasteiger partial charge in [-0.2, -0.15) is 0 Å². The smallest absolute Gasteiger partial charge is 0.311 e. The van der Waals surface area contributed by atoms with Crippen LogP contribution in [0, 0.1) is 11.7 Å². The molecule has 3 aliphatic heterocycles. The lowest BCUT2D eigenvalue weighted by Crippen LogP contribution is -2.54. The van der Waals surface area contributed by atoms with Gasteiger partial charge in [-0.05, 0) is 68.6 Å². The van der Waals surface area contributed by atoms with Gasteiger partial charge in [-0.1, -0.05) is 12.1 Å². The monoisotopic (exact) mass is 511 g/mol. The minimum Gasteiger partial charge on any atom is -0.501 e. The summed E-state index contributed by atoms with van der Waals surface area (Å²) in [5.41, 5.74) is -1.68. The quantitative estimate of drug-likeness (QED) is 0.534. The third kappa shape index (κ3) is 4.82. The number of hydrogen-bond acceptors (Lipinski definition) is 6. The van der Waals surface area contributed by atoms with Crippen molar-refractivity contribution in [3.63, 3.8) is 0 Å². The van der Waals surface area contributed by atoms with E-state index in [0.717, 1.165) is 19.3 Å². The number of rotatable bonds is 4. The number of likely N-dealkylation sites (tertiary alicyclic amines) is 1. The molecule has 6 rings (SSSR count). The Morgan fingerprint density at radius 1 is 1.08 bits per heavy atom. The molecule has 1 aliphatic carbocycles. The normalized spacial score (nSPS) is 22.6. The van der Waals surface area contributed by atoms with Gasteiger partial charge in [-0.25, -0.2) is 9.37 Å². The van der Waals surface area contributed by atoms with E-state index in [1.807, 2.05) is 0 Å². The van der Waals surface area contributed by atoms with Gasteiger partial charge in [0.05, 0.1) is 5.54 Å². The third-order valence-corrected chi connectivity index (χ3v) is 7.74. The molecule has 3 amide bonds. The molecule has 0 atom stereocenters. The van der Waals surface area contributed by atoms with E-state index in [1.54, 1.807) is 4.90 Å². The Bertz CT molecular complexity index is 1280. The first-order chi connectivity index (χ1) is 17.8. The SMILES string of the molecule is O=C(NC12CCC(CC1)Cn1c2nc(C(=O)NCc2ccc(F)cc2)c(O)c1=O)C(=O)N1CCCCC1. The number of nitrogens with zero attached hydrogens (tertiary/aromatic N) is 3. The predicted octanol–water partition coefficient (Wildman–Crippen LogP) is 1.55. The van der Waals surface area contributed by atoms with E-state index >= 15 is 0 Å². The molecule has 2 fully saturated rings. The zero-order valence-electron chi connectivity index (χ0n) is 20.5. The molecule has 37 heavy (non-hydrogen) atoms. The van der Waals surface area contributed by atoms with Crippen LogP contribution in [0.4, 0.5) is 4.39 Å². The zero-order chi connectivity index (χ0) is 26.2. The molecule has 1 aromatic carbocycles. The van der Waals surface area contributed by atoms with E-state index in [0.29, 0.717) is 50.9 Å². The summed E-state index contributed by atoms with van der Waals surface area (Å²) in [5.74, 6) is -2.97. The fourth-order valence-electron chi connectivity index (χ4n) is 5.63. The zero-order valence-corrected chi connectivity index (χ0v) is 20.5. The molecular formula is C26H30FN5O5. The summed E-state index contributed by atoms with van der Waals surface area (Å²) in [6.45, 7) is 1.40. The Morgan fingerprint density at radius 2 is 1.76 bits per heavy atom. The van der Waals surface area contributed by atoms with Gasteiger partial charge in [0.2, 0.25) is 5.75 Å². The second-order valence-corrected chi connectivity index (χ2v) is 10.2. The standard InChI is InChI=1S/C26H30FN5O5/c27-18-6-4-16(5-7-18)14-28-21(34)19-20(33)23(36)32-15-17-8-10-26(11-9-17,25(32)29-19)30-22(35)24(37)31-12-2-1-3-13-31/h4-7,17,33H,1-3,8-15H2,(H,28,34)(H,30,35). The van der Waals surface area contributed by atoms with Crippen molar-refractivity contribution >= 4 is 17.7 Å². The molecular weight excluding hydrogens is 481 g/mol. The number of aromatic nitrogens is 2. The van der Waals surface area contributed by atoms with Gasteiger partial charge in [0.1, 0.15) is 11.6 Å². The van der Waals surface area contributed by atoms with E-state index in [4.69, 9.17) is 0 Å². The lowest BCUT2D eigenvalue weighted by atomic mass is 9.77. The van der Waals surface area contributed by atoms with E-state index in [-0.39, 0.29) is 18.3 Å². The van der Waals surface area contributed by atoms with Crippen LogP contribution in [-0.4, -0.2) is 50.4 Å². The van der Waals surface area contributed by atoms with Crippen LogP contribution in [0.2, 0.25) is 0 Å². The molecule has 0 spiro atoms. The minimum absolute atomic E-state index is 0.0347. The first kappa shape index (κ1) is 24.9. The number of benzene rings is 1. The highest BCUT2D eigenvalue weighted by Crippen LogP contribution is 2.43. The predicted molar refractivity (Wildman–Crippen MR) is 130 cm³/mol. The van der Waals surface area contributed by atoms with Crippen molar-refractivity contribution in [3.8, 4) is 5.75 Å². The summed E-state index contributed by atoms with van der Waals surface area (Å²) in [7, 11) is 0. The van der Waals surface area contributed by atoms with Crippen LogP contribution in [0.1, 0.15) is 66.8 Å². The summed E-state index contributed by atoms with van der Waals surface area (Å²) in [6, 6.07) is 5.55. The summed E-state index contributed by atoms with van der Waals surface area (Å²) >= 11 is 0. The number of carbonyl (C=O) groups excluding carboxylic acids is 3. The van der Waals surface area contributed by atoms with Gasteiger partial charge in [-0.15, -0.1) is 0 Å². The molecule has 1 saturated carbocycles. The van der Waals surface area contributed by atoms with Crippen molar-refractivity contribution in [1.29, 1.82) is 0 Å². The van der Waals surface area contributed by atoms with Crippen LogP contribution in [0.5, 0.6) is 5.75 Å². The third-order valence-electron chi connectivity index (χ3n) is 7.74. The van der Waals surface area contributed by atoms with Gasteiger partial charge in [0.25, 0.3) is 11.5 Å². The molecule has 10 nitrogen and oxygen atoms in total. The van der Waals surface area contributed by atoms with Crippen LogP contribution in [-0.2, 0) is 28.2 Å². The highest BCUT2D eigenvalue weighted by atomic mass is 19.1. The molecule has 196 valence electrons. The second kappa shape index (κ2) is 9.95. The van der Waals surface area contributed by atoms with Crippen molar-refractivity contribution in [1.82, 2.24) is 25.1 Å². The Labute approximate surface area is 212 Å². The molecule has 3 N–H and O–H groups in total. The first-order valence-corrected chi connectivity index (χ1v) is 12.8. The van der Waals surface area contributed by atoms with Gasteiger partial charge in [0, 0.05) is 26.2 Å². The number of hydrogen-bond donors (Lipinski definition) is 3. The van der Waals surface area contributed by atoms with Crippen LogP contribution in [0.3, 0.4) is 0 Å². The van der Waals surface area contributed by atoms with Gasteiger partial charge >= 0.3 is 11.8 Å². The Morgan fingerprint density at radius 3 is 2.43 bits per heavy atom. The number of nitrogens with one attached hydrogen (secondary N) is 2. The summed E-state index contributed by atoms with van der Waals surface area (Å²) in [6.07, 6.45) is 5.05. The second-order valence-electron chi connectivity index (χ2n) is 10.2. The Kier molecular flexibility index (Phi) is 6.70. The maximum atomic E-state index is 13.2. The van der Waals surface area contributed by atoms with Gasteiger partial charge in [-0.3, -0.25) is 23.7 Å². The molecule has 2 bridgehead atoms. The van der Waals surface area contributed by atoms with E-state index in [2.05, 4.69) is 15.6 Å². The number of aromatic hydroxyl groups is 1. The van der Waals surface area contributed by atoms with Crippen molar-refractivity contribution in [2.45, 2.75) is 63.6 Å². The lowest BCUT2D eigenvalue weighted by molar-refractivity contribution is -0.147. The van der Waals surface area contributed by atoms with Crippen molar-refractivity contribution < 1.29 is 23.9 Å². The average molecular weight is 512 g/mol.